The van der Waals surface area contributed by atoms with E-state index in [1.807, 2.05) is 107 Å². The number of furan rings is 1. The van der Waals surface area contributed by atoms with Gasteiger partial charge in [0.2, 0.25) is 0 Å². The minimum atomic E-state index is -2.51. The molecular weight excluding hydrogens is 529 g/mol. The zero-order chi connectivity index (χ0) is 35.9. The molecule has 0 fully saturated rings. The molecule has 0 aliphatic carbocycles. The predicted molar refractivity (Wildman–Crippen MR) is 182 cm³/mol. The highest BCUT2D eigenvalue weighted by molar-refractivity contribution is 6.75. The van der Waals surface area contributed by atoms with Gasteiger partial charge < -0.3 is 4.42 Å². The lowest BCUT2D eigenvalue weighted by molar-refractivity contribution is 0.666. The van der Waals surface area contributed by atoms with E-state index in [2.05, 4.69) is 0 Å². The molecule has 0 N–H and O–H groups in total. The fourth-order valence-electron chi connectivity index (χ4n) is 5.74. The van der Waals surface area contributed by atoms with E-state index in [4.69, 9.17) is 19.0 Å². The highest BCUT2D eigenvalue weighted by atomic mass is 28.3. The normalized spacial score (nSPS) is 15.9. The van der Waals surface area contributed by atoms with E-state index in [1.165, 1.54) is 0 Å². The first-order valence-corrected chi connectivity index (χ1v) is 17.9. The Morgan fingerprint density at radius 2 is 1.50 bits per heavy atom. The Labute approximate surface area is 261 Å². The first kappa shape index (κ1) is 20.9. The van der Waals surface area contributed by atoms with Gasteiger partial charge in [-0.1, -0.05) is 114 Å². The second-order valence-corrected chi connectivity index (χ2v) is 17.2. The molecule has 0 bridgehead atoms. The van der Waals surface area contributed by atoms with Gasteiger partial charge in [-0.2, -0.15) is 0 Å². The first-order chi connectivity index (χ1) is 22.6. The van der Waals surface area contributed by atoms with Crippen molar-refractivity contribution >= 4 is 30.0 Å². The van der Waals surface area contributed by atoms with Crippen molar-refractivity contribution in [2.24, 2.45) is 0 Å². The minimum Gasteiger partial charge on any atom is -0.455 e. The van der Waals surface area contributed by atoms with Crippen molar-refractivity contribution in [3.8, 4) is 28.2 Å². The SMILES string of the molecule is [2H]C([2H])([2H])c1c(-c2ccc(C([2H])([2H])[Si](C)(C)C)cc2)ccc2c1oc1c(-c3nccn3-c3c(C([2H])(C)C)cccc3C([2H])(C)C)cccc12. The Bertz CT molecular complexity index is 2160. The van der Waals surface area contributed by atoms with E-state index in [0.29, 0.717) is 39.0 Å². The molecule has 0 unspecified atom stereocenters. The lowest BCUT2D eigenvalue weighted by atomic mass is 9.92. The topological polar surface area (TPSA) is 31.0 Å². The van der Waals surface area contributed by atoms with Crippen molar-refractivity contribution in [2.45, 2.75) is 72.0 Å². The number of rotatable bonds is 7. The molecule has 42 heavy (non-hydrogen) atoms. The fraction of sp³-hybridized carbons (Fsp3) is 0.289. The maximum Gasteiger partial charge on any atom is 0.148 e. The predicted octanol–water partition coefficient (Wildman–Crippen LogP) is 11.1. The maximum atomic E-state index is 8.96. The number of nitrogens with zero attached hydrogens (tertiary/aromatic N) is 2. The summed E-state index contributed by atoms with van der Waals surface area (Å²) in [5, 5.41) is 1.41. The van der Waals surface area contributed by atoms with Crippen LogP contribution in [-0.2, 0) is 6.00 Å². The van der Waals surface area contributed by atoms with Crippen LogP contribution >= 0.6 is 0 Å². The Morgan fingerprint density at radius 3 is 2.14 bits per heavy atom. The average Bonchev–Trinajstić information content (AvgIpc) is 3.63. The van der Waals surface area contributed by atoms with E-state index in [9.17, 15) is 0 Å². The number of hydrogen-bond acceptors (Lipinski definition) is 2. The highest BCUT2D eigenvalue weighted by Gasteiger charge is 2.22. The molecule has 0 amide bonds. The number of aromatic nitrogens is 2. The van der Waals surface area contributed by atoms with Crippen LogP contribution in [0.2, 0.25) is 19.6 Å². The van der Waals surface area contributed by atoms with Gasteiger partial charge in [-0.25, -0.2) is 4.98 Å². The summed E-state index contributed by atoms with van der Waals surface area (Å²) in [7, 11) is -2.20. The van der Waals surface area contributed by atoms with E-state index >= 15 is 0 Å². The Balaban J connectivity index is 1.58. The number of aryl methyl sites for hydroxylation is 1. The molecule has 0 radical (unpaired) electrons. The summed E-state index contributed by atoms with van der Waals surface area (Å²) in [5.74, 6) is -2.83. The summed E-state index contributed by atoms with van der Waals surface area (Å²) >= 11 is 0. The Morgan fingerprint density at radius 1 is 0.833 bits per heavy atom. The molecule has 3 nitrogen and oxygen atoms in total. The van der Waals surface area contributed by atoms with Gasteiger partial charge in [0.25, 0.3) is 0 Å². The van der Waals surface area contributed by atoms with Crippen LogP contribution in [0.3, 0.4) is 0 Å². The smallest absolute Gasteiger partial charge is 0.148 e. The fourth-order valence-corrected chi connectivity index (χ4v) is 6.77. The van der Waals surface area contributed by atoms with Gasteiger partial charge >= 0.3 is 0 Å². The summed E-state index contributed by atoms with van der Waals surface area (Å²) in [6, 6.07) is 22.2. The molecule has 0 spiro atoms. The average molecular weight is 578 g/mol. The van der Waals surface area contributed by atoms with Gasteiger partial charge in [-0.15, -0.1) is 0 Å². The van der Waals surface area contributed by atoms with Crippen LogP contribution in [0.1, 0.15) is 71.3 Å². The first-order valence-electron chi connectivity index (χ1n) is 17.9. The van der Waals surface area contributed by atoms with Gasteiger partial charge in [0, 0.05) is 46.4 Å². The van der Waals surface area contributed by atoms with Crippen LogP contribution in [0, 0.1) is 6.85 Å². The van der Waals surface area contributed by atoms with Crippen LogP contribution in [-0.4, -0.2) is 17.6 Å². The largest absolute Gasteiger partial charge is 0.455 e. The molecule has 4 heteroatoms. The third-order valence-corrected chi connectivity index (χ3v) is 8.66. The number of para-hydroxylation sites is 2. The molecule has 0 saturated carbocycles. The molecule has 2 aromatic heterocycles. The monoisotopic (exact) mass is 577 g/mol. The van der Waals surface area contributed by atoms with E-state index < -0.39 is 32.7 Å². The van der Waals surface area contributed by atoms with E-state index in [1.54, 1.807) is 30.5 Å². The van der Waals surface area contributed by atoms with E-state index in [0.717, 1.165) is 22.2 Å². The molecule has 6 aromatic rings. The quantitative estimate of drug-likeness (QED) is 0.177. The number of imidazole rings is 1. The second-order valence-electron chi connectivity index (χ2n) is 12.4. The molecule has 0 atom stereocenters. The summed E-state index contributed by atoms with van der Waals surface area (Å²) in [6.07, 6.45) is 3.52. The van der Waals surface area contributed by atoms with Gasteiger partial charge in [0.1, 0.15) is 17.0 Å². The number of benzene rings is 4. The lowest BCUT2D eigenvalue weighted by Crippen LogP contribution is -2.23. The van der Waals surface area contributed by atoms with E-state index in [-0.39, 0.29) is 11.1 Å². The standard InChI is InChI=1S/C38H42N2OSi/c1-24(2)29-11-9-12-30(25(3)4)35(29)40-22-21-39-38(40)34-14-10-13-32-33-20-19-31(26(5)36(33)41-37(32)34)28-17-15-27(16-18-28)23-42(6,7)8/h9-22,24-25H,23H2,1-8H3/i5D3,23D2,24D,25D. The van der Waals surface area contributed by atoms with Crippen molar-refractivity contribution < 1.29 is 14.0 Å². The summed E-state index contributed by atoms with van der Waals surface area (Å²) < 4.78 is 69.7. The van der Waals surface area contributed by atoms with Crippen LogP contribution in [0.4, 0.5) is 0 Å². The van der Waals surface area contributed by atoms with Gasteiger partial charge in [-0.3, -0.25) is 4.57 Å². The molecule has 6 rings (SSSR count). The van der Waals surface area contributed by atoms with Crippen molar-refractivity contribution in [1.82, 2.24) is 9.55 Å². The number of hydrogen-bond donors (Lipinski definition) is 0. The van der Waals surface area contributed by atoms with Crippen molar-refractivity contribution in [3.63, 3.8) is 0 Å². The van der Waals surface area contributed by atoms with Crippen molar-refractivity contribution in [2.75, 3.05) is 0 Å². The summed E-state index contributed by atoms with van der Waals surface area (Å²) in [6.45, 7) is 10.8. The Kier molecular flexibility index (Phi) is 5.35. The summed E-state index contributed by atoms with van der Waals surface area (Å²) in [4.78, 5) is 4.75. The van der Waals surface area contributed by atoms with Crippen molar-refractivity contribution in [3.05, 3.63) is 107 Å². The molecule has 214 valence electrons. The zero-order valence-corrected chi connectivity index (χ0v) is 26.4. The van der Waals surface area contributed by atoms with Crippen LogP contribution in [0.25, 0.3) is 50.1 Å². The van der Waals surface area contributed by atoms with Gasteiger partial charge in [0.05, 0.1) is 11.3 Å². The van der Waals surface area contributed by atoms with Gasteiger partial charge in [0.15, 0.2) is 0 Å². The molecule has 0 aliphatic rings. The molecule has 4 aromatic carbocycles. The van der Waals surface area contributed by atoms with Crippen LogP contribution in [0.5, 0.6) is 0 Å². The minimum absolute atomic E-state index is 0.0935. The van der Waals surface area contributed by atoms with Crippen molar-refractivity contribution in [1.29, 1.82) is 0 Å². The molecule has 2 heterocycles. The van der Waals surface area contributed by atoms with Crippen LogP contribution in [0.15, 0.2) is 89.6 Å². The lowest BCUT2D eigenvalue weighted by Gasteiger charge is -2.21. The maximum absolute atomic E-state index is 8.96. The molecule has 0 saturated heterocycles. The second kappa shape index (κ2) is 10.7. The number of fused-ring (bicyclic) bond motifs is 3. The summed E-state index contributed by atoms with van der Waals surface area (Å²) in [5.41, 5.74) is 5.47. The Hall–Kier alpha value is -3.89. The van der Waals surface area contributed by atoms with Gasteiger partial charge in [-0.05, 0) is 59.0 Å². The van der Waals surface area contributed by atoms with Crippen LogP contribution < -0.4 is 0 Å². The third kappa shape index (κ3) is 5.02. The molecular formula is C38H42N2OSi. The zero-order valence-electron chi connectivity index (χ0n) is 32.4. The third-order valence-electron chi connectivity index (χ3n) is 7.62. The molecule has 0 aliphatic heterocycles. The highest BCUT2D eigenvalue weighted by Crippen LogP contribution is 2.41.